The molecule has 2 aliphatic rings. The molecular weight excluding hydrogens is 260 g/mol. The monoisotopic (exact) mass is 282 g/mol. The van der Waals surface area contributed by atoms with Crippen molar-refractivity contribution in [3.63, 3.8) is 0 Å². The first-order valence-electron chi connectivity index (χ1n) is 6.30. The summed E-state index contributed by atoms with van der Waals surface area (Å²) in [7, 11) is -3.01. The van der Waals surface area contributed by atoms with Gasteiger partial charge in [0.2, 0.25) is 10.0 Å². The molecule has 1 aliphatic heterocycles. The number of sulfonamides is 1. The molecule has 1 saturated carbocycles. The highest BCUT2D eigenvalue weighted by Crippen LogP contribution is 2.30. The minimum atomic E-state index is -3.01. The fourth-order valence-corrected chi connectivity index (χ4v) is 4.31. The molecule has 1 saturated heterocycles. The van der Waals surface area contributed by atoms with E-state index < -0.39 is 10.0 Å². The van der Waals surface area contributed by atoms with Gasteiger partial charge in [-0.15, -0.1) is 12.4 Å². The first-order chi connectivity index (χ1) is 7.59. The number of hydrogen-bond donors (Lipinski definition) is 1. The van der Waals surface area contributed by atoms with Crippen LogP contribution in [0.2, 0.25) is 0 Å². The third-order valence-electron chi connectivity index (χ3n) is 3.81. The fraction of sp³-hybridized carbons (Fsp3) is 1.00. The van der Waals surface area contributed by atoms with Crippen molar-refractivity contribution in [3.8, 4) is 0 Å². The Hall–Kier alpha value is 0.160. The molecule has 1 aliphatic carbocycles. The van der Waals surface area contributed by atoms with Crippen molar-refractivity contribution in [3.05, 3.63) is 0 Å². The first-order valence-corrected chi connectivity index (χ1v) is 7.91. The smallest absolute Gasteiger partial charge is 0.214 e. The zero-order chi connectivity index (χ0) is 11.6. The minimum Gasteiger partial charge on any atom is -0.314 e. The van der Waals surface area contributed by atoms with Gasteiger partial charge in [0.15, 0.2) is 0 Å². The van der Waals surface area contributed by atoms with Crippen molar-refractivity contribution in [2.45, 2.75) is 38.6 Å². The summed E-state index contributed by atoms with van der Waals surface area (Å²) in [5.74, 6) is 1.02. The molecule has 0 radical (unpaired) electrons. The highest BCUT2D eigenvalue weighted by Gasteiger charge is 2.30. The van der Waals surface area contributed by atoms with Crippen LogP contribution in [0.25, 0.3) is 0 Å². The maximum atomic E-state index is 12.1. The largest absolute Gasteiger partial charge is 0.314 e. The van der Waals surface area contributed by atoms with Gasteiger partial charge in [0.1, 0.15) is 0 Å². The molecule has 2 rings (SSSR count). The Morgan fingerprint density at radius 3 is 2.59 bits per heavy atom. The Bertz CT molecular complexity index is 330. The molecule has 0 spiro atoms. The molecular formula is C11H23ClN2O2S. The molecule has 1 atom stereocenters. The molecule has 0 aromatic heterocycles. The molecule has 4 nitrogen and oxygen atoms in total. The van der Waals surface area contributed by atoms with Crippen LogP contribution in [-0.2, 0) is 10.0 Å². The van der Waals surface area contributed by atoms with Crippen LogP contribution >= 0.6 is 12.4 Å². The summed E-state index contributed by atoms with van der Waals surface area (Å²) in [5.41, 5.74) is 0. The van der Waals surface area contributed by atoms with E-state index in [2.05, 4.69) is 5.32 Å². The van der Waals surface area contributed by atoms with Crippen LogP contribution in [0.5, 0.6) is 0 Å². The number of halogens is 1. The standard InChI is InChI=1S/C11H22N2O2S.ClH/c1-10-9-12-6-7-13(10)16(14,15)8-5-11-3-2-4-11;/h10-12H,2-9H2,1H3;1H/t10-;/m1./s1. The second-order valence-corrected chi connectivity index (χ2v) is 7.11. The van der Waals surface area contributed by atoms with Crippen LogP contribution in [0.15, 0.2) is 0 Å². The van der Waals surface area contributed by atoms with Gasteiger partial charge >= 0.3 is 0 Å². The van der Waals surface area contributed by atoms with E-state index in [0.717, 1.165) is 19.5 Å². The maximum Gasteiger partial charge on any atom is 0.214 e. The number of piperazine rings is 1. The van der Waals surface area contributed by atoms with Gasteiger partial charge in [-0.1, -0.05) is 19.3 Å². The Kier molecular flexibility index (Phi) is 5.70. The van der Waals surface area contributed by atoms with Crippen molar-refractivity contribution in [2.75, 3.05) is 25.4 Å². The molecule has 102 valence electrons. The Labute approximate surface area is 111 Å². The molecule has 0 aromatic rings. The summed E-state index contributed by atoms with van der Waals surface area (Å²) in [4.78, 5) is 0. The van der Waals surface area contributed by atoms with E-state index in [1.165, 1.54) is 19.3 Å². The molecule has 17 heavy (non-hydrogen) atoms. The van der Waals surface area contributed by atoms with Crippen LogP contribution in [0, 0.1) is 5.92 Å². The third-order valence-corrected chi connectivity index (χ3v) is 5.82. The molecule has 0 amide bonds. The Balaban J connectivity index is 0.00000144. The zero-order valence-electron chi connectivity index (χ0n) is 10.4. The topological polar surface area (TPSA) is 49.4 Å². The summed E-state index contributed by atoms with van der Waals surface area (Å²) >= 11 is 0. The van der Waals surface area contributed by atoms with E-state index in [1.54, 1.807) is 4.31 Å². The van der Waals surface area contributed by atoms with Crippen molar-refractivity contribution in [1.82, 2.24) is 9.62 Å². The molecule has 6 heteroatoms. The third kappa shape index (κ3) is 3.81. The van der Waals surface area contributed by atoms with Gasteiger partial charge in [-0.3, -0.25) is 0 Å². The van der Waals surface area contributed by atoms with Crippen LogP contribution in [0.4, 0.5) is 0 Å². The van der Waals surface area contributed by atoms with Crippen molar-refractivity contribution < 1.29 is 8.42 Å². The van der Waals surface area contributed by atoms with Crippen molar-refractivity contribution in [2.24, 2.45) is 5.92 Å². The van der Waals surface area contributed by atoms with Crippen molar-refractivity contribution in [1.29, 1.82) is 0 Å². The lowest BCUT2D eigenvalue weighted by Gasteiger charge is -2.34. The second kappa shape index (κ2) is 6.36. The van der Waals surface area contributed by atoms with Gasteiger partial charge < -0.3 is 5.32 Å². The van der Waals surface area contributed by atoms with E-state index in [1.807, 2.05) is 6.92 Å². The zero-order valence-corrected chi connectivity index (χ0v) is 12.0. The normalized spacial score (nSPS) is 27.2. The molecule has 1 N–H and O–H groups in total. The number of nitrogens with zero attached hydrogens (tertiary/aromatic N) is 1. The average Bonchev–Trinajstić information content (AvgIpc) is 2.15. The average molecular weight is 283 g/mol. The second-order valence-electron chi connectivity index (χ2n) is 5.07. The van der Waals surface area contributed by atoms with E-state index in [0.29, 0.717) is 18.2 Å². The summed E-state index contributed by atoms with van der Waals surface area (Å²) in [5, 5.41) is 3.22. The highest BCUT2D eigenvalue weighted by atomic mass is 35.5. The SMILES string of the molecule is C[C@@H]1CNCCN1S(=O)(=O)CCC1CCC1.Cl. The van der Waals surface area contributed by atoms with Crippen molar-refractivity contribution >= 4 is 22.4 Å². The molecule has 1 heterocycles. The van der Waals surface area contributed by atoms with Gasteiger partial charge in [-0.05, 0) is 19.3 Å². The highest BCUT2D eigenvalue weighted by molar-refractivity contribution is 7.89. The lowest BCUT2D eigenvalue weighted by atomic mass is 9.84. The first kappa shape index (κ1) is 15.2. The van der Waals surface area contributed by atoms with Crippen LogP contribution < -0.4 is 5.32 Å². The van der Waals surface area contributed by atoms with Gasteiger partial charge in [0.05, 0.1) is 5.75 Å². The van der Waals surface area contributed by atoms with Gasteiger partial charge in [-0.2, -0.15) is 4.31 Å². The minimum absolute atomic E-state index is 0. The predicted octanol–water partition coefficient (Wildman–Crippen LogP) is 1.22. The van der Waals surface area contributed by atoms with Gasteiger partial charge in [-0.25, -0.2) is 8.42 Å². The van der Waals surface area contributed by atoms with E-state index >= 15 is 0 Å². The lowest BCUT2D eigenvalue weighted by molar-refractivity contribution is 0.276. The Morgan fingerprint density at radius 2 is 2.06 bits per heavy atom. The fourth-order valence-electron chi connectivity index (χ4n) is 2.45. The van der Waals surface area contributed by atoms with Crippen LogP contribution in [0.1, 0.15) is 32.6 Å². The maximum absolute atomic E-state index is 12.1. The summed E-state index contributed by atoms with van der Waals surface area (Å²) in [6, 6.07) is 0.111. The summed E-state index contributed by atoms with van der Waals surface area (Å²) in [6.45, 7) is 4.18. The number of nitrogens with one attached hydrogen (secondary N) is 1. The van der Waals surface area contributed by atoms with E-state index in [9.17, 15) is 8.42 Å². The van der Waals surface area contributed by atoms with E-state index in [4.69, 9.17) is 0 Å². The summed E-state index contributed by atoms with van der Waals surface area (Å²) < 4.78 is 26.0. The predicted molar refractivity (Wildman–Crippen MR) is 72.0 cm³/mol. The van der Waals surface area contributed by atoms with E-state index in [-0.39, 0.29) is 18.4 Å². The van der Waals surface area contributed by atoms with Crippen LogP contribution in [-0.4, -0.2) is 44.2 Å². The lowest BCUT2D eigenvalue weighted by Crippen LogP contribution is -2.52. The van der Waals surface area contributed by atoms with Gasteiger partial charge in [0.25, 0.3) is 0 Å². The molecule has 2 fully saturated rings. The van der Waals surface area contributed by atoms with Crippen LogP contribution in [0.3, 0.4) is 0 Å². The molecule has 0 aromatic carbocycles. The van der Waals surface area contributed by atoms with Gasteiger partial charge in [0, 0.05) is 25.7 Å². The quantitative estimate of drug-likeness (QED) is 0.844. The number of rotatable bonds is 4. The summed E-state index contributed by atoms with van der Waals surface area (Å²) in [6.07, 6.45) is 4.60. The Morgan fingerprint density at radius 1 is 1.35 bits per heavy atom. The molecule has 0 unspecified atom stereocenters. The molecule has 0 bridgehead atoms. The number of hydrogen-bond acceptors (Lipinski definition) is 3.